The molecule has 2 aromatic rings. The van der Waals surface area contributed by atoms with Gasteiger partial charge in [-0.25, -0.2) is 9.78 Å². The van der Waals surface area contributed by atoms with Crippen molar-refractivity contribution in [2.45, 2.75) is 88.5 Å². The Labute approximate surface area is 323 Å². The van der Waals surface area contributed by atoms with Crippen LogP contribution in [0.2, 0.25) is 0 Å². The molecule has 1 aliphatic heterocycles. The number of carbonyl (C=O) groups is 3. The number of benzene rings is 1. The first-order valence-corrected chi connectivity index (χ1v) is 19.8. The maximum atomic E-state index is 14.5. The third kappa shape index (κ3) is 6.82. The zero-order valence-electron chi connectivity index (χ0n) is 32.5. The van der Waals surface area contributed by atoms with Gasteiger partial charge in [-0.15, -0.1) is 0 Å². The molecule has 1 saturated carbocycles. The zero-order valence-corrected chi connectivity index (χ0v) is 32.5. The van der Waals surface area contributed by atoms with Crippen LogP contribution in [0.3, 0.4) is 0 Å². The molecule has 6 unspecified atom stereocenters. The van der Waals surface area contributed by atoms with Gasteiger partial charge in [-0.05, 0) is 81.8 Å². The molecule has 2 heterocycles. The van der Waals surface area contributed by atoms with E-state index in [1.807, 2.05) is 25.3 Å². The van der Waals surface area contributed by atoms with Crippen LogP contribution in [-0.2, 0) is 14.3 Å². The molecular weight excluding hydrogens is 695 g/mol. The summed E-state index contributed by atoms with van der Waals surface area (Å²) in [6.07, 6.45) is 17.1. The summed E-state index contributed by atoms with van der Waals surface area (Å²) < 4.78 is 12.4. The Bertz CT molecular complexity index is 1930. The largest absolute Gasteiger partial charge is 0.463 e. The summed E-state index contributed by atoms with van der Waals surface area (Å²) in [5.74, 6) is -0.241. The number of epoxide rings is 1. The second-order valence-corrected chi connectivity index (χ2v) is 15.7. The molecule has 7 rings (SSSR count). The Hall–Kier alpha value is -4.65. The number of pyridine rings is 1. The van der Waals surface area contributed by atoms with Crippen molar-refractivity contribution in [3.05, 3.63) is 94.7 Å². The highest BCUT2D eigenvalue weighted by Crippen LogP contribution is 2.60. The number of likely N-dealkylation sites (N-methyl/N-ethyl adjacent to an activating group) is 1. The minimum atomic E-state index is -2.05. The number of guanidine groups is 1. The lowest BCUT2D eigenvalue weighted by molar-refractivity contribution is -0.150. The predicted molar refractivity (Wildman–Crippen MR) is 213 cm³/mol. The molecule has 6 N–H and O–H groups in total. The smallest absolute Gasteiger partial charge is 0.350 e. The van der Waals surface area contributed by atoms with Gasteiger partial charge >= 0.3 is 5.97 Å². The summed E-state index contributed by atoms with van der Waals surface area (Å²) in [5, 5.41) is 13.4. The number of esters is 1. The first kappa shape index (κ1) is 38.6. The maximum absolute atomic E-state index is 14.5. The molecule has 4 aliphatic carbocycles. The monoisotopic (exact) mass is 749 g/mol. The average Bonchev–Trinajstić information content (AvgIpc) is 3.68. The van der Waals surface area contributed by atoms with E-state index in [4.69, 9.17) is 15.2 Å². The molecule has 12 heteroatoms. The molecule has 1 aromatic carbocycles. The van der Waals surface area contributed by atoms with Crippen LogP contribution in [0, 0.1) is 17.3 Å². The third-order valence-electron chi connectivity index (χ3n) is 12.7. The van der Waals surface area contributed by atoms with Crippen LogP contribution in [-0.4, -0.2) is 79.6 Å². The Morgan fingerprint density at radius 3 is 2.65 bits per heavy atom. The number of rotatable bonds is 14. The van der Waals surface area contributed by atoms with E-state index in [1.54, 1.807) is 37.5 Å². The normalized spacial score (nSPS) is 28.7. The van der Waals surface area contributed by atoms with Crippen molar-refractivity contribution < 1.29 is 23.9 Å². The van der Waals surface area contributed by atoms with Crippen LogP contribution in [0.4, 0.5) is 5.82 Å². The van der Waals surface area contributed by atoms with E-state index in [1.165, 1.54) is 5.57 Å². The van der Waals surface area contributed by atoms with E-state index >= 15 is 0 Å². The summed E-state index contributed by atoms with van der Waals surface area (Å²) in [5.41, 5.74) is 5.95. The molecule has 6 atom stereocenters. The van der Waals surface area contributed by atoms with Gasteiger partial charge in [-0.2, -0.15) is 0 Å². The molecular formula is C43H55N7O5. The van der Waals surface area contributed by atoms with E-state index < -0.39 is 28.4 Å². The first-order chi connectivity index (χ1) is 26.6. The molecule has 12 nitrogen and oxygen atoms in total. The van der Waals surface area contributed by atoms with Crippen LogP contribution in [0.1, 0.15) is 97.5 Å². The molecule has 0 spiro atoms. The van der Waals surface area contributed by atoms with Crippen molar-refractivity contribution in [3.8, 4) is 0 Å². The Kier molecular flexibility index (Phi) is 11.1. The predicted octanol–water partition coefficient (Wildman–Crippen LogP) is 5.16. The van der Waals surface area contributed by atoms with E-state index in [9.17, 15) is 14.4 Å². The molecule has 2 fully saturated rings. The second-order valence-electron chi connectivity index (χ2n) is 15.7. The highest BCUT2D eigenvalue weighted by molar-refractivity contribution is 6.32. The minimum Gasteiger partial charge on any atom is -0.463 e. The number of carbonyl (C=O) groups excluding carboxylic acids is 3. The number of hydrogen-bond acceptors (Lipinski definition) is 10. The Morgan fingerprint density at radius 1 is 1.16 bits per heavy atom. The van der Waals surface area contributed by atoms with E-state index in [2.05, 4.69) is 63.3 Å². The fourth-order valence-electron chi connectivity index (χ4n) is 9.65. The van der Waals surface area contributed by atoms with Crippen molar-refractivity contribution >= 4 is 29.3 Å². The van der Waals surface area contributed by atoms with Crippen molar-refractivity contribution in [1.29, 1.82) is 0 Å². The number of Topliss-reactive ketones (excluding diaryl/α,β-unsaturated/α-hetero) is 2. The van der Waals surface area contributed by atoms with Crippen LogP contribution >= 0.6 is 0 Å². The second kappa shape index (κ2) is 15.8. The third-order valence-corrected chi connectivity index (χ3v) is 12.7. The Morgan fingerprint density at radius 2 is 1.93 bits per heavy atom. The van der Waals surface area contributed by atoms with E-state index in [-0.39, 0.29) is 47.9 Å². The minimum absolute atomic E-state index is 0.0189. The van der Waals surface area contributed by atoms with Gasteiger partial charge in [0.15, 0.2) is 17.3 Å². The van der Waals surface area contributed by atoms with E-state index in [0.29, 0.717) is 18.5 Å². The standard InChI is InChI=1S/C43H55N7O5/c1-5-47-34-23-29-13-7-6-12-28(29)22-31(34)25-54-39(53)43-38(52)33-15-9-8-14-32(33)37(51)42(43,55-43)20-16-27(2)41(18-10-11-19-41)36(50-40(44)46-4)30-17-21-48-35(24-30)49-26-45-3/h7-9,13-17,21,23-24,28,31,34,36,45,47H,5-6,10-12,18-20,22,25-26H2,1-4H3,(H,48,49)(H3,44,46,50). The number of aromatic nitrogens is 1. The fourth-order valence-corrected chi connectivity index (χ4v) is 9.65. The summed E-state index contributed by atoms with van der Waals surface area (Å²) in [7, 11) is 3.51. The highest BCUT2D eigenvalue weighted by atomic mass is 16.7. The number of ether oxygens (including phenoxy) is 2. The number of nitrogens with two attached hydrogens (primary N) is 1. The molecule has 0 amide bonds. The van der Waals surface area contributed by atoms with Crippen LogP contribution in [0.15, 0.2) is 83.0 Å². The maximum Gasteiger partial charge on any atom is 0.350 e. The lowest BCUT2D eigenvalue weighted by Gasteiger charge is -2.40. The average molecular weight is 750 g/mol. The SMILES string of the molecule is CCNC1C=C2C=CCCC2CC1COC(=O)C12OC1(CC=C(C)C1(C(NC(N)=NC)c3ccnc(NCNC)c3)CCCC1)C(=O)c1ccccc1C2=O. The molecule has 0 bridgehead atoms. The molecule has 1 saturated heterocycles. The lowest BCUT2D eigenvalue weighted by Crippen LogP contribution is -2.51. The van der Waals surface area contributed by atoms with Crippen LogP contribution < -0.4 is 27.0 Å². The van der Waals surface area contributed by atoms with Crippen molar-refractivity contribution in [2.24, 2.45) is 28.0 Å². The number of ketones is 2. The van der Waals surface area contributed by atoms with Crippen molar-refractivity contribution in [3.63, 3.8) is 0 Å². The summed E-state index contributed by atoms with van der Waals surface area (Å²) in [4.78, 5) is 52.1. The summed E-state index contributed by atoms with van der Waals surface area (Å²) in [6, 6.07) is 10.4. The van der Waals surface area contributed by atoms with Gasteiger partial charge in [-0.3, -0.25) is 14.6 Å². The van der Waals surface area contributed by atoms with Gasteiger partial charge < -0.3 is 36.5 Å². The lowest BCUT2D eigenvalue weighted by atomic mass is 9.68. The van der Waals surface area contributed by atoms with Gasteiger partial charge in [0, 0.05) is 48.2 Å². The molecule has 55 heavy (non-hydrogen) atoms. The number of aliphatic imine (C=N–C) groups is 1. The number of nitrogens with one attached hydrogen (secondary N) is 4. The molecule has 1 aromatic heterocycles. The van der Waals surface area contributed by atoms with Gasteiger partial charge in [-0.1, -0.05) is 73.9 Å². The van der Waals surface area contributed by atoms with Crippen molar-refractivity contribution in [1.82, 2.24) is 20.9 Å². The van der Waals surface area contributed by atoms with Crippen molar-refractivity contribution in [2.75, 3.05) is 39.2 Å². The molecule has 5 aliphatic rings. The number of fused-ring (bicyclic) bond motifs is 3. The van der Waals surface area contributed by atoms with Crippen LogP contribution in [0.5, 0.6) is 0 Å². The highest BCUT2D eigenvalue weighted by Gasteiger charge is 2.85. The van der Waals surface area contributed by atoms with Crippen LogP contribution in [0.25, 0.3) is 0 Å². The van der Waals surface area contributed by atoms with E-state index in [0.717, 1.165) is 68.4 Å². The number of hydrogen-bond donors (Lipinski definition) is 5. The fraction of sp³-hybridized carbons (Fsp3) is 0.512. The number of allylic oxidation sites excluding steroid dienone is 3. The van der Waals surface area contributed by atoms with Gasteiger partial charge in [0.2, 0.25) is 5.78 Å². The van der Waals surface area contributed by atoms with Gasteiger partial charge in [0.25, 0.3) is 5.60 Å². The summed E-state index contributed by atoms with van der Waals surface area (Å²) in [6.45, 7) is 5.56. The first-order valence-electron chi connectivity index (χ1n) is 19.8. The quantitative estimate of drug-likeness (QED) is 0.0329. The van der Waals surface area contributed by atoms with Gasteiger partial charge in [0.05, 0.1) is 19.3 Å². The Balaban J connectivity index is 1.20. The molecule has 0 radical (unpaired) electrons. The van der Waals surface area contributed by atoms with Gasteiger partial charge in [0.1, 0.15) is 5.82 Å². The summed E-state index contributed by atoms with van der Waals surface area (Å²) >= 11 is 0. The number of anilines is 1. The topological polar surface area (TPSA) is 172 Å². The zero-order chi connectivity index (χ0) is 38.8. The number of nitrogens with zero attached hydrogens (tertiary/aromatic N) is 2. The molecule has 292 valence electrons.